The predicted octanol–water partition coefficient (Wildman–Crippen LogP) is 4.50. The first kappa shape index (κ1) is 20.6. The van der Waals surface area contributed by atoms with Crippen LogP contribution in [0, 0.1) is 13.8 Å². The fraction of sp³-hybridized carbons (Fsp3) is 0.174. The van der Waals surface area contributed by atoms with Crippen molar-refractivity contribution in [3.8, 4) is 11.5 Å². The molecule has 0 fully saturated rings. The minimum atomic E-state index is -0.245. The van der Waals surface area contributed by atoms with E-state index in [2.05, 4.69) is 15.8 Å². The maximum absolute atomic E-state index is 12.5. The lowest BCUT2D eigenvalue weighted by Crippen LogP contribution is -2.19. The summed E-state index contributed by atoms with van der Waals surface area (Å²) in [4.78, 5) is 25.9. The molecule has 7 nitrogen and oxygen atoms in total. The summed E-state index contributed by atoms with van der Waals surface area (Å²) in [6.45, 7) is 5.88. The van der Waals surface area contributed by atoms with Gasteiger partial charge in [0.1, 0.15) is 0 Å². The zero-order valence-corrected chi connectivity index (χ0v) is 18.1. The number of thiophene rings is 1. The zero-order valence-electron chi connectivity index (χ0n) is 17.3. The van der Waals surface area contributed by atoms with E-state index >= 15 is 0 Å². The molecule has 0 radical (unpaired) electrons. The lowest BCUT2D eigenvalue weighted by molar-refractivity contribution is 0.0953. The van der Waals surface area contributed by atoms with E-state index in [1.54, 1.807) is 41.7 Å². The van der Waals surface area contributed by atoms with Crippen LogP contribution in [0.2, 0.25) is 0 Å². The number of carbonyl (C=O) groups excluding carboxylic acids is 2. The number of aryl methyl sites for hydroxylation is 1. The van der Waals surface area contributed by atoms with Crippen molar-refractivity contribution in [1.29, 1.82) is 0 Å². The summed E-state index contributed by atoms with van der Waals surface area (Å²) in [5, 5.41) is 8.89. The minimum Gasteiger partial charge on any atom is -0.454 e. The molecule has 0 spiro atoms. The number of hydrogen-bond acceptors (Lipinski definition) is 6. The molecule has 0 atom stereocenters. The van der Waals surface area contributed by atoms with Crippen molar-refractivity contribution in [3.63, 3.8) is 0 Å². The van der Waals surface area contributed by atoms with Gasteiger partial charge in [-0.25, -0.2) is 5.43 Å². The molecule has 1 aliphatic rings. The third-order valence-corrected chi connectivity index (χ3v) is 6.06. The van der Waals surface area contributed by atoms with E-state index in [4.69, 9.17) is 9.47 Å². The minimum absolute atomic E-state index is 0.162. The summed E-state index contributed by atoms with van der Waals surface area (Å²) < 4.78 is 10.6. The van der Waals surface area contributed by atoms with Gasteiger partial charge in [0, 0.05) is 21.5 Å². The average molecular weight is 436 g/mol. The van der Waals surface area contributed by atoms with Crippen LogP contribution in [0.3, 0.4) is 0 Å². The Balaban J connectivity index is 1.39. The molecule has 0 unspecified atom stereocenters. The van der Waals surface area contributed by atoms with Crippen molar-refractivity contribution in [3.05, 3.63) is 75.0 Å². The number of nitrogens with zero attached hydrogens (tertiary/aromatic N) is 1. The normalized spacial score (nSPS) is 12.5. The maximum atomic E-state index is 12.5. The summed E-state index contributed by atoms with van der Waals surface area (Å²) in [5.41, 5.74) is 6.83. The van der Waals surface area contributed by atoms with Gasteiger partial charge in [0.2, 0.25) is 6.79 Å². The first-order valence-electron chi connectivity index (χ1n) is 9.63. The molecule has 1 aromatic heterocycles. The molecule has 1 aliphatic heterocycles. The Morgan fingerprint density at radius 1 is 0.968 bits per heavy atom. The number of anilines is 1. The van der Waals surface area contributed by atoms with Crippen LogP contribution < -0.4 is 20.2 Å². The number of hydrogen-bond donors (Lipinski definition) is 2. The summed E-state index contributed by atoms with van der Waals surface area (Å²) in [6, 6.07) is 12.3. The van der Waals surface area contributed by atoms with E-state index in [0.717, 1.165) is 16.0 Å². The van der Waals surface area contributed by atoms with E-state index in [-0.39, 0.29) is 18.6 Å². The number of ether oxygens (including phenoxy) is 2. The number of fused-ring (bicyclic) bond motifs is 1. The van der Waals surface area contributed by atoms with Crippen LogP contribution in [0.1, 0.15) is 43.6 Å². The number of benzene rings is 2. The van der Waals surface area contributed by atoms with Crippen molar-refractivity contribution in [1.82, 2.24) is 5.43 Å². The number of rotatable bonds is 5. The molecule has 0 saturated carbocycles. The molecule has 2 heterocycles. The van der Waals surface area contributed by atoms with Crippen molar-refractivity contribution >= 4 is 34.6 Å². The predicted molar refractivity (Wildman–Crippen MR) is 120 cm³/mol. The second kappa shape index (κ2) is 8.61. The van der Waals surface area contributed by atoms with Gasteiger partial charge >= 0.3 is 0 Å². The molecule has 8 heteroatoms. The molecule has 2 aromatic carbocycles. The zero-order chi connectivity index (χ0) is 22.0. The standard InChI is InChI=1S/C23H21N3O4S/c1-13-15(3)31-11-19(13)23(28)26-25-14(2)16-4-7-18(8-5-16)24-22(27)17-6-9-20-21(10-17)30-12-29-20/h4-11H,12H2,1-3H3,(H,24,27)(H,26,28)/b25-14-. The molecule has 31 heavy (non-hydrogen) atoms. The smallest absolute Gasteiger partial charge is 0.272 e. The fourth-order valence-corrected chi connectivity index (χ4v) is 3.90. The Hall–Kier alpha value is -3.65. The Morgan fingerprint density at radius 2 is 1.68 bits per heavy atom. The lowest BCUT2D eigenvalue weighted by atomic mass is 10.1. The molecule has 0 aliphatic carbocycles. The third kappa shape index (κ3) is 4.44. The number of hydrazone groups is 1. The fourth-order valence-electron chi connectivity index (χ4n) is 3.03. The SMILES string of the molecule is C/C(=N/NC(=O)c1csc(C)c1C)c1ccc(NC(=O)c2ccc3c(c2)OCO3)cc1. The van der Waals surface area contributed by atoms with Crippen LogP contribution in [0.15, 0.2) is 52.9 Å². The van der Waals surface area contributed by atoms with Crippen molar-refractivity contribution < 1.29 is 19.1 Å². The number of carbonyl (C=O) groups is 2. The van der Waals surface area contributed by atoms with Crippen LogP contribution in [0.5, 0.6) is 11.5 Å². The average Bonchev–Trinajstić information content (AvgIpc) is 3.38. The van der Waals surface area contributed by atoms with E-state index in [9.17, 15) is 9.59 Å². The molecule has 0 bridgehead atoms. The Bertz CT molecular complexity index is 1180. The van der Waals surface area contributed by atoms with E-state index < -0.39 is 0 Å². The van der Waals surface area contributed by atoms with Gasteiger partial charge in [-0.05, 0) is 62.2 Å². The van der Waals surface area contributed by atoms with Crippen molar-refractivity contribution in [2.24, 2.45) is 5.10 Å². The summed E-state index contributed by atoms with van der Waals surface area (Å²) in [6.07, 6.45) is 0. The largest absolute Gasteiger partial charge is 0.454 e. The highest BCUT2D eigenvalue weighted by molar-refractivity contribution is 7.10. The molecule has 4 rings (SSSR count). The highest BCUT2D eigenvalue weighted by Gasteiger charge is 2.16. The lowest BCUT2D eigenvalue weighted by Gasteiger charge is -2.08. The van der Waals surface area contributed by atoms with Crippen LogP contribution in [0.25, 0.3) is 0 Å². The summed E-state index contributed by atoms with van der Waals surface area (Å²) in [5.74, 6) is 0.718. The Morgan fingerprint density at radius 3 is 2.39 bits per heavy atom. The summed E-state index contributed by atoms with van der Waals surface area (Å²) in [7, 11) is 0. The molecular weight excluding hydrogens is 414 g/mol. The number of amides is 2. The second-order valence-corrected chi connectivity index (χ2v) is 8.15. The van der Waals surface area contributed by atoms with Gasteiger partial charge in [-0.15, -0.1) is 11.3 Å². The van der Waals surface area contributed by atoms with Crippen LogP contribution >= 0.6 is 11.3 Å². The topological polar surface area (TPSA) is 89.0 Å². The third-order valence-electron chi connectivity index (χ3n) is 5.05. The van der Waals surface area contributed by atoms with E-state index in [0.29, 0.717) is 34.0 Å². The molecule has 3 aromatic rings. The van der Waals surface area contributed by atoms with Crippen LogP contribution in [-0.4, -0.2) is 24.3 Å². The second-order valence-electron chi connectivity index (χ2n) is 7.07. The first-order chi connectivity index (χ1) is 14.9. The maximum Gasteiger partial charge on any atom is 0.272 e. The quantitative estimate of drug-likeness (QED) is 0.456. The van der Waals surface area contributed by atoms with Gasteiger partial charge in [0.05, 0.1) is 11.3 Å². The molecule has 0 saturated heterocycles. The highest BCUT2D eigenvalue weighted by Crippen LogP contribution is 2.32. The molecule has 2 N–H and O–H groups in total. The Kier molecular flexibility index (Phi) is 5.73. The van der Waals surface area contributed by atoms with E-state index in [1.807, 2.05) is 38.3 Å². The molecular formula is C23H21N3O4S. The van der Waals surface area contributed by atoms with Crippen molar-refractivity contribution in [2.45, 2.75) is 20.8 Å². The highest BCUT2D eigenvalue weighted by atomic mass is 32.1. The van der Waals surface area contributed by atoms with E-state index in [1.165, 1.54) is 0 Å². The van der Waals surface area contributed by atoms with Gasteiger partial charge in [-0.3, -0.25) is 9.59 Å². The molecule has 158 valence electrons. The van der Waals surface area contributed by atoms with Crippen LogP contribution in [0.4, 0.5) is 5.69 Å². The Labute approximate surface area is 183 Å². The molecule has 2 amide bonds. The van der Waals surface area contributed by atoms with Gasteiger partial charge in [-0.1, -0.05) is 12.1 Å². The van der Waals surface area contributed by atoms with Gasteiger partial charge in [0.15, 0.2) is 11.5 Å². The number of nitrogens with one attached hydrogen (secondary N) is 2. The van der Waals surface area contributed by atoms with Gasteiger partial charge in [-0.2, -0.15) is 5.10 Å². The van der Waals surface area contributed by atoms with Crippen LogP contribution in [-0.2, 0) is 0 Å². The van der Waals surface area contributed by atoms with Gasteiger partial charge in [0.25, 0.3) is 11.8 Å². The monoisotopic (exact) mass is 435 g/mol. The van der Waals surface area contributed by atoms with Crippen molar-refractivity contribution in [2.75, 3.05) is 12.1 Å². The first-order valence-corrected chi connectivity index (χ1v) is 10.5. The van der Waals surface area contributed by atoms with Gasteiger partial charge < -0.3 is 14.8 Å². The summed E-state index contributed by atoms with van der Waals surface area (Å²) >= 11 is 1.54.